The molecule has 3 saturated heterocycles. The predicted molar refractivity (Wildman–Crippen MR) is 130 cm³/mol. The van der Waals surface area contributed by atoms with Crippen molar-refractivity contribution in [1.29, 1.82) is 0 Å². The van der Waals surface area contributed by atoms with Crippen LogP contribution < -0.4 is 15.0 Å². The molecular weight excluding hydrogens is 459 g/mol. The normalized spacial score (nSPS) is 20.5. The zero-order valence-electron chi connectivity index (χ0n) is 17.9. The van der Waals surface area contributed by atoms with Gasteiger partial charge in [-0.05, 0) is 43.7 Å². The summed E-state index contributed by atoms with van der Waals surface area (Å²) in [6.07, 6.45) is 7.81. The molecule has 1 N–H and O–H groups in total. The predicted octanol–water partition coefficient (Wildman–Crippen LogP) is 4.81. The highest BCUT2D eigenvalue weighted by molar-refractivity contribution is 6.35. The Hall–Kier alpha value is -2.87. The lowest BCUT2D eigenvalue weighted by molar-refractivity contribution is 0.225. The van der Waals surface area contributed by atoms with E-state index in [2.05, 4.69) is 32.4 Å². The minimum absolute atomic E-state index is 0.326. The smallest absolute Gasteiger partial charge is 0.128 e. The fourth-order valence-electron chi connectivity index (χ4n) is 4.75. The standard InChI is InChI=1S/C24H22Cl2N6O/c1-14(24-20(25)10-27-11-21(24)26)33-19-3-4-22-15(6-19)8-29-32(22)18-2-5-23(28-9-18)31-12-16-7-17(13-31)30-16/h2-6,8-11,14,16-17,30H,7,12-13H2,1H3/t14-,16?,17?/m1/s1. The summed E-state index contributed by atoms with van der Waals surface area (Å²) < 4.78 is 8.02. The average molecular weight is 481 g/mol. The first kappa shape index (κ1) is 20.7. The number of ether oxygens (including phenoxy) is 1. The number of hydrogen-bond donors (Lipinski definition) is 1. The quantitative estimate of drug-likeness (QED) is 0.441. The Labute approximate surface area is 201 Å². The number of aromatic nitrogens is 4. The molecule has 3 atom stereocenters. The monoisotopic (exact) mass is 480 g/mol. The van der Waals surface area contributed by atoms with Crippen molar-refractivity contribution in [3.8, 4) is 11.4 Å². The summed E-state index contributed by atoms with van der Waals surface area (Å²) in [4.78, 5) is 11.1. The van der Waals surface area contributed by atoms with Gasteiger partial charge in [0.05, 0.1) is 33.6 Å². The van der Waals surface area contributed by atoms with Gasteiger partial charge in [-0.25, -0.2) is 9.67 Å². The van der Waals surface area contributed by atoms with Gasteiger partial charge in [0.15, 0.2) is 0 Å². The summed E-state index contributed by atoms with van der Waals surface area (Å²) in [6.45, 7) is 3.95. The van der Waals surface area contributed by atoms with Gasteiger partial charge in [0.1, 0.15) is 17.7 Å². The number of nitrogens with one attached hydrogen (secondary N) is 1. The molecule has 168 valence electrons. The highest BCUT2D eigenvalue weighted by Crippen LogP contribution is 2.33. The molecule has 2 bridgehead atoms. The topological polar surface area (TPSA) is 68.1 Å². The molecular formula is C24H22Cl2N6O. The van der Waals surface area contributed by atoms with Crippen molar-refractivity contribution in [2.45, 2.75) is 31.5 Å². The van der Waals surface area contributed by atoms with E-state index in [-0.39, 0.29) is 6.10 Å². The highest BCUT2D eigenvalue weighted by atomic mass is 35.5. The Morgan fingerprint density at radius 3 is 2.48 bits per heavy atom. The van der Waals surface area contributed by atoms with Crippen LogP contribution in [0.25, 0.3) is 16.6 Å². The van der Waals surface area contributed by atoms with Crippen molar-refractivity contribution >= 4 is 39.9 Å². The van der Waals surface area contributed by atoms with Gasteiger partial charge in [-0.15, -0.1) is 0 Å². The number of hydrogen-bond acceptors (Lipinski definition) is 6. The maximum Gasteiger partial charge on any atom is 0.128 e. The van der Waals surface area contributed by atoms with Gasteiger partial charge < -0.3 is 15.0 Å². The van der Waals surface area contributed by atoms with Gasteiger partial charge in [0.25, 0.3) is 0 Å². The second-order valence-electron chi connectivity index (χ2n) is 8.63. The third kappa shape index (κ3) is 3.80. The van der Waals surface area contributed by atoms with Crippen molar-refractivity contribution in [1.82, 2.24) is 25.1 Å². The van der Waals surface area contributed by atoms with Crippen molar-refractivity contribution in [3.63, 3.8) is 0 Å². The van der Waals surface area contributed by atoms with Crippen molar-refractivity contribution in [2.24, 2.45) is 0 Å². The molecule has 2 unspecified atom stereocenters. The Morgan fingerprint density at radius 1 is 1.03 bits per heavy atom. The van der Waals surface area contributed by atoms with Crippen molar-refractivity contribution in [3.05, 3.63) is 70.7 Å². The first-order valence-corrected chi connectivity index (χ1v) is 11.7. The lowest BCUT2D eigenvalue weighted by Crippen LogP contribution is -2.67. The number of benzene rings is 1. The molecule has 9 heteroatoms. The summed E-state index contributed by atoms with van der Waals surface area (Å²) in [5.74, 6) is 1.73. The average Bonchev–Trinajstić information content (AvgIpc) is 3.22. The number of rotatable bonds is 5. The number of piperazine rings is 1. The molecule has 7 rings (SSSR count). The van der Waals surface area contributed by atoms with Crippen LogP contribution in [0.4, 0.5) is 5.82 Å². The number of pyridine rings is 2. The maximum absolute atomic E-state index is 6.27. The van der Waals surface area contributed by atoms with Gasteiger partial charge in [0, 0.05) is 48.5 Å². The molecule has 3 fully saturated rings. The van der Waals surface area contributed by atoms with Crippen LogP contribution >= 0.6 is 23.2 Å². The summed E-state index contributed by atoms with van der Waals surface area (Å²) >= 11 is 12.5. The minimum atomic E-state index is -0.326. The third-order valence-electron chi connectivity index (χ3n) is 6.37. The van der Waals surface area contributed by atoms with E-state index < -0.39 is 0 Å². The molecule has 4 aromatic rings. The molecule has 0 amide bonds. The molecule has 0 aliphatic carbocycles. The van der Waals surface area contributed by atoms with Crippen LogP contribution in [-0.2, 0) is 0 Å². The molecule has 6 heterocycles. The largest absolute Gasteiger partial charge is 0.486 e. The van der Waals surface area contributed by atoms with Crippen LogP contribution in [0.15, 0.2) is 55.1 Å². The van der Waals surface area contributed by atoms with E-state index >= 15 is 0 Å². The molecule has 3 aliphatic rings. The number of halogens is 2. The minimum Gasteiger partial charge on any atom is -0.486 e. The van der Waals surface area contributed by atoms with Crippen LogP contribution in [0, 0.1) is 0 Å². The number of piperidine rings is 1. The zero-order chi connectivity index (χ0) is 22.5. The second-order valence-corrected chi connectivity index (χ2v) is 9.44. The van der Waals surface area contributed by atoms with Crippen LogP contribution in [0.5, 0.6) is 5.75 Å². The van der Waals surface area contributed by atoms with E-state index in [9.17, 15) is 0 Å². The lowest BCUT2D eigenvalue weighted by Gasteiger charge is -2.48. The third-order valence-corrected chi connectivity index (χ3v) is 6.97. The van der Waals surface area contributed by atoms with Crippen LogP contribution in [0.3, 0.4) is 0 Å². The van der Waals surface area contributed by atoms with E-state index in [1.807, 2.05) is 42.2 Å². The molecule has 0 radical (unpaired) electrons. The summed E-state index contributed by atoms with van der Waals surface area (Å²) in [7, 11) is 0. The van der Waals surface area contributed by atoms with Crippen molar-refractivity contribution in [2.75, 3.05) is 18.0 Å². The molecule has 1 aromatic carbocycles. The van der Waals surface area contributed by atoms with Gasteiger partial charge in [0.2, 0.25) is 0 Å². The second kappa shape index (κ2) is 8.17. The highest BCUT2D eigenvalue weighted by Gasteiger charge is 2.36. The number of anilines is 1. The first-order chi connectivity index (χ1) is 16.0. The van der Waals surface area contributed by atoms with Crippen LogP contribution in [0.1, 0.15) is 25.0 Å². The summed E-state index contributed by atoms with van der Waals surface area (Å²) in [6, 6.07) is 11.2. The molecule has 0 spiro atoms. The Morgan fingerprint density at radius 2 is 1.79 bits per heavy atom. The lowest BCUT2D eigenvalue weighted by atomic mass is 9.91. The maximum atomic E-state index is 6.27. The van der Waals surface area contributed by atoms with Gasteiger partial charge in [-0.2, -0.15) is 5.10 Å². The van der Waals surface area contributed by atoms with Gasteiger partial charge in [-0.1, -0.05) is 23.2 Å². The molecule has 3 aromatic heterocycles. The zero-order valence-corrected chi connectivity index (χ0v) is 19.5. The fourth-order valence-corrected chi connectivity index (χ4v) is 5.43. The van der Waals surface area contributed by atoms with Gasteiger partial charge in [-0.3, -0.25) is 4.98 Å². The molecule has 3 aliphatic heterocycles. The van der Waals surface area contributed by atoms with Crippen LogP contribution in [0.2, 0.25) is 10.0 Å². The molecule has 0 saturated carbocycles. The van der Waals surface area contributed by atoms with E-state index in [1.54, 1.807) is 12.4 Å². The Balaban J connectivity index is 1.22. The first-order valence-electron chi connectivity index (χ1n) is 11.0. The van der Waals surface area contributed by atoms with Gasteiger partial charge >= 0.3 is 0 Å². The number of nitrogens with zero attached hydrogens (tertiary/aromatic N) is 5. The summed E-state index contributed by atoms with van der Waals surface area (Å²) in [5, 5.41) is 10.1. The van der Waals surface area contributed by atoms with Crippen molar-refractivity contribution < 1.29 is 4.74 Å². The van der Waals surface area contributed by atoms with E-state index in [0.717, 1.165) is 41.1 Å². The van der Waals surface area contributed by atoms with E-state index in [0.29, 0.717) is 27.9 Å². The molecule has 7 nitrogen and oxygen atoms in total. The van der Waals surface area contributed by atoms with E-state index in [1.165, 1.54) is 6.42 Å². The Kier molecular flexibility index (Phi) is 5.13. The Bertz CT molecular complexity index is 1290. The number of fused-ring (bicyclic) bond motifs is 3. The van der Waals surface area contributed by atoms with E-state index in [4.69, 9.17) is 32.9 Å². The summed E-state index contributed by atoms with van der Waals surface area (Å²) in [5.41, 5.74) is 2.62. The van der Waals surface area contributed by atoms with Crippen LogP contribution in [-0.4, -0.2) is 44.9 Å². The fraction of sp³-hybridized carbons (Fsp3) is 0.292. The SMILES string of the molecule is C[C@@H](Oc1ccc2c(cnn2-c2ccc(N3CC4CC(C3)N4)nc2)c1)c1c(Cl)cncc1Cl. The molecule has 33 heavy (non-hydrogen) atoms.